The quantitative estimate of drug-likeness (QED) is 0.854. The molecule has 0 aliphatic rings. The van der Waals surface area contributed by atoms with Crippen LogP contribution in [0.3, 0.4) is 0 Å². The third kappa shape index (κ3) is 5.12. The molecule has 0 amide bonds. The Morgan fingerprint density at radius 2 is 2.00 bits per heavy atom. The van der Waals surface area contributed by atoms with Crippen molar-refractivity contribution in [2.24, 2.45) is 0 Å². The van der Waals surface area contributed by atoms with Gasteiger partial charge in [-0.25, -0.2) is 9.97 Å². The summed E-state index contributed by atoms with van der Waals surface area (Å²) in [4.78, 5) is 9.33. The van der Waals surface area contributed by atoms with Crippen LogP contribution in [0.5, 0.6) is 0 Å². The first-order valence-electron chi connectivity index (χ1n) is 5.03. The van der Waals surface area contributed by atoms with E-state index in [0.717, 1.165) is 25.1 Å². The van der Waals surface area contributed by atoms with Crippen LogP contribution in [0, 0.1) is 0 Å². The summed E-state index contributed by atoms with van der Waals surface area (Å²) in [5.41, 5.74) is 1.12. The first kappa shape index (κ1) is 14.6. The number of nitrogens with one attached hydrogen (secondary N) is 1. The van der Waals surface area contributed by atoms with Crippen molar-refractivity contribution in [2.45, 2.75) is 13.0 Å². The molecule has 92 valence electrons. The topological polar surface area (TPSA) is 37.8 Å². The standard InChI is InChI=1S/C11H12BrN3S.ClH/c12-11-2-1-10(16-11)3-4-13-5-9-6-14-8-15-7-9;/h1-2,6-8,13H,3-5H2;1H. The normalized spacial score (nSPS) is 9.94. The van der Waals surface area contributed by atoms with Crippen LogP contribution in [-0.2, 0) is 13.0 Å². The lowest BCUT2D eigenvalue weighted by Gasteiger charge is -2.02. The van der Waals surface area contributed by atoms with Gasteiger partial charge in [0, 0.05) is 35.9 Å². The molecule has 2 aromatic rings. The Labute approximate surface area is 119 Å². The Hall–Kier alpha value is -0.490. The Bertz CT molecular complexity index is 435. The highest BCUT2D eigenvalue weighted by Gasteiger charge is 1.97. The van der Waals surface area contributed by atoms with E-state index in [4.69, 9.17) is 0 Å². The Morgan fingerprint density at radius 1 is 1.24 bits per heavy atom. The zero-order valence-electron chi connectivity index (χ0n) is 9.10. The molecule has 0 unspecified atom stereocenters. The fraction of sp³-hybridized carbons (Fsp3) is 0.273. The van der Waals surface area contributed by atoms with E-state index in [2.05, 4.69) is 43.3 Å². The Morgan fingerprint density at radius 3 is 2.65 bits per heavy atom. The molecular formula is C11H13BrClN3S. The smallest absolute Gasteiger partial charge is 0.115 e. The number of hydrogen-bond acceptors (Lipinski definition) is 4. The van der Waals surface area contributed by atoms with E-state index < -0.39 is 0 Å². The van der Waals surface area contributed by atoms with Gasteiger partial charge in [0.05, 0.1) is 3.79 Å². The number of thiophene rings is 1. The Kier molecular flexibility index (Phi) is 6.65. The molecule has 0 aliphatic carbocycles. The molecular weight excluding hydrogens is 322 g/mol. The summed E-state index contributed by atoms with van der Waals surface area (Å²) in [5.74, 6) is 0. The van der Waals surface area contributed by atoms with Crippen molar-refractivity contribution in [2.75, 3.05) is 6.54 Å². The monoisotopic (exact) mass is 333 g/mol. The minimum Gasteiger partial charge on any atom is -0.312 e. The van der Waals surface area contributed by atoms with Crippen LogP contribution in [0.4, 0.5) is 0 Å². The van der Waals surface area contributed by atoms with Gasteiger partial charge in [0.2, 0.25) is 0 Å². The lowest BCUT2D eigenvalue weighted by atomic mass is 10.3. The van der Waals surface area contributed by atoms with E-state index in [1.807, 2.05) is 12.4 Å². The predicted molar refractivity (Wildman–Crippen MR) is 76.7 cm³/mol. The molecule has 1 N–H and O–H groups in total. The molecule has 3 nitrogen and oxygen atoms in total. The van der Waals surface area contributed by atoms with Gasteiger partial charge in [0.1, 0.15) is 6.33 Å². The summed E-state index contributed by atoms with van der Waals surface area (Å²) >= 11 is 5.25. The van der Waals surface area contributed by atoms with Gasteiger partial charge in [-0.05, 0) is 34.5 Å². The van der Waals surface area contributed by atoms with Crippen LogP contribution in [0.15, 0.2) is 34.6 Å². The van der Waals surface area contributed by atoms with Crippen molar-refractivity contribution in [3.05, 3.63) is 45.1 Å². The van der Waals surface area contributed by atoms with Crippen molar-refractivity contribution in [1.82, 2.24) is 15.3 Å². The van der Waals surface area contributed by atoms with Crippen LogP contribution in [0.25, 0.3) is 0 Å². The largest absolute Gasteiger partial charge is 0.312 e. The average Bonchev–Trinajstić information content (AvgIpc) is 2.72. The molecule has 0 radical (unpaired) electrons. The van der Waals surface area contributed by atoms with Crippen LogP contribution in [-0.4, -0.2) is 16.5 Å². The van der Waals surface area contributed by atoms with Gasteiger partial charge < -0.3 is 5.32 Å². The van der Waals surface area contributed by atoms with Crippen molar-refractivity contribution >= 4 is 39.7 Å². The number of nitrogens with zero attached hydrogens (tertiary/aromatic N) is 2. The molecule has 0 saturated carbocycles. The lowest BCUT2D eigenvalue weighted by molar-refractivity contribution is 0.686. The fourth-order valence-electron chi connectivity index (χ4n) is 1.35. The van der Waals surface area contributed by atoms with Gasteiger partial charge in [-0.15, -0.1) is 23.7 Å². The van der Waals surface area contributed by atoms with Gasteiger partial charge in [-0.1, -0.05) is 0 Å². The minimum atomic E-state index is 0. The van der Waals surface area contributed by atoms with Crippen molar-refractivity contribution in [3.63, 3.8) is 0 Å². The molecule has 0 spiro atoms. The van der Waals surface area contributed by atoms with E-state index in [1.165, 1.54) is 8.66 Å². The van der Waals surface area contributed by atoms with Gasteiger partial charge in [0.25, 0.3) is 0 Å². The second-order valence-electron chi connectivity index (χ2n) is 3.38. The molecule has 17 heavy (non-hydrogen) atoms. The summed E-state index contributed by atoms with van der Waals surface area (Å²) in [6.45, 7) is 1.80. The van der Waals surface area contributed by atoms with E-state index in [0.29, 0.717) is 0 Å². The maximum Gasteiger partial charge on any atom is 0.115 e. The number of halogens is 2. The van der Waals surface area contributed by atoms with Crippen LogP contribution in [0.1, 0.15) is 10.4 Å². The second-order valence-corrected chi connectivity index (χ2v) is 5.93. The Balaban J connectivity index is 0.00000144. The maximum atomic E-state index is 3.97. The number of aromatic nitrogens is 2. The van der Waals surface area contributed by atoms with Gasteiger partial charge >= 0.3 is 0 Å². The van der Waals surface area contributed by atoms with Crippen molar-refractivity contribution in [1.29, 1.82) is 0 Å². The zero-order chi connectivity index (χ0) is 11.2. The molecule has 2 aromatic heterocycles. The molecule has 0 fully saturated rings. The zero-order valence-corrected chi connectivity index (χ0v) is 12.3. The number of hydrogen-bond donors (Lipinski definition) is 1. The molecule has 2 rings (SSSR count). The van der Waals surface area contributed by atoms with E-state index in [1.54, 1.807) is 17.7 Å². The van der Waals surface area contributed by atoms with E-state index >= 15 is 0 Å². The van der Waals surface area contributed by atoms with Crippen LogP contribution < -0.4 is 5.32 Å². The average molecular weight is 335 g/mol. The molecule has 0 saturated heterocycles. The van der Waals surface area contributed by atoms with Gasteiger partial charge in [0.15, 0.2) is 0 Å². The third-order valence-electron chi connectivity index (χ3n) is 2.12. The summed E-state index contributed by atoms with van der Waals surface area (Å²) < 4.78 is 1.19. The molecule has 0 atom stereocenters. The van der Waals surface area contributed by atoms with E-state index in [9.17, 15) is 0 Å². The third-order valence-corrected chi connectivity index (χ3v) is 3.80. The predicted octanol–water partition coefficient (Wildman–Crippen LogP) is 3.05. The first-order chi connectivity index (χ1) is 7.84. The molecule has 0 aromatic carbocycles. The SMILES string of the molecule is Brc1ccc(CCNCc2cncnc2)s1.Cl. The minimum absolute atomic E-state index is 0. The van der Waals surface area contributed by atoms with Crippen LogP contribution in [0.2, 0.25) is 0 Å². The summed E-state index contributed by atoms with van der Waals surface area (Å²) in [6, 6.07) is 4.24. The molecule has 6 heteroatoms. The summed E-state index contributed by atoms with van der Waals surface area (Å²) in [5, 5.41) is 3.37. The highest BCUT2D eigenvalue weighted by molar-refractivity contribution is 9.11. The van der Waals surface area contributed by atoms with Gasteiger partial charge in [-0.2, -0.15) is 0 Å². The van der Waals surface area contributed by atoms with Gasteiger partial charge in [-0.3, -0.25) is 0 Å². The van der Waals surface area contributed by atoms with E-state index in [-0.39, 0.29) is 12.4 Å². The van der Waals surface area contributed by atoms with Crippen LogP contribution >= 0.6 is 39.7 Å². The van der Waals surface area contributed by atoms with Crippen molar-refractivity contribution < 1.29 is 0 Å². The molecule has 0 bridgehead atoms. The van der Waals surface area contributed by atoms with Crippen molar-refractivity contribution in [3.8, 4) is 0 Å². The highest BCUT2D eigenvalue weighted by Crippen LogP contribution is 2.21. The summed E-state index contributed by atoms with van der Waals surface area (Å²) in [7, 11) is 0. The second kappa shape index (κ2) is 7.76. The fourth-order valence-corrected chi connectivity index (χ4v) is 2.83. The highest BCUT2D eigenvalue weighted by atomic mass is 79.9. The molecule has 0 aliphatic heterocycles. The maximum absolute atomic E-state index is 3.97. The number of rotatable bonds is 5. The lowest BCUT2D eigenvalue weighted by Crippen LogP contribution is -2.16. The first-order valence-corrected chi connectivity index (χ1v) is 6.64. The summed E-state index contributed by atoms with van der Waals surface area (Å²) in [6.07, 6.45) is 6.28. The molecule has 2 heterocycles.